The van der Waals surface area contributed by atoms with Crippen LogP contribution in [0, 0.1) is 0 Å². The molecule has 4 aromatic rings. The highest BCUT2D eigenvalue weighted by Crippen LogP contribution is 2.26. The van der Waals surface area contributed by atoms with Crippen LogP contribution in [0.5, 0.6) is 0 Å². The van der Waals surface area contributed by atoms with E-state index in [0.29, 0.717) is 0 Å². The minimum absolute atomic E-state index is 0.728. The number of anilines is 2. The molecule has 6 nitrogen and oxygen atoms in total. The van der Waals surface area contributed by atoms with Gasteiger partial charge in [0, 0.05) is 18.6 Å². The Balaban J connectivity index is 1.87. The van der Waals surface area contributed by atoms with Crippen molar-refractivity contribution in [3.8, 4) is 0 Å². The Hall–Kier alpha value is -3.02. The van der Waals surface area contributed by atoms with Crippen LogP contribution in [0.25, 0.3) is 21.9 Å². The highest BCUT2D eigenvalue weighted by molar-refractivity contribution is 5.95. The topological polar surface area (TPSA) is 68.5 Å². The van der Waals surface area contributed by atoms with Crippen LogP contribution in [0.2, 0.25) is 0 Å². The molecule has 0 aliphatic carbocycles. The van der Waals surface area contributed by atoms with Crippen LogP contribution in [-0.2, 0) is 7.05 Å². The number of pyridine rings is 1. The number of fused-ring (bicyclic) bond motifs is 2. The van der Waals surface area contributed by atoms with Crippen molar-refractivity contribution in [2.75, 3.05) is 5.32 Å². The third-order valence-corrected chi connectivity index (χ3v) is 3.42. The summed E-state index contributed by atoms with van der Waals surface area (Å²) in [6.07, 6.45) is 5.08. The molecule has 0 atom stereocenters. The van der Waals surface area contributed by atoms with Crippen molar-refractivity contribution in [3.05, 3.63) is 49.1 Å². The normalized spacial score (nSPS) is 11.1. The number of benzene rings is 1. The predicted octanol–water partition coefficient (Wildman–Crippen LogP) is 2.66. The predicted molar refractivity (Wildman–Crippen MR) is 81.3 cm³/mol. The maximum atomic E-state index is 4.44. The first-order valence-electron chi connectivity index (χ1n) is 6.56. The second-order valence-corrected chi connectivity index (χ2v) is 4.73. The zero-order valence-corrected chi connectivity index (χ0v) is 11.4. The van der Waals surface area contributed by atoms with E-state index in [1.54, 1.807) is 17.1 Å². The van der Waals surface area contributed by atoms with Crippen molar-refractivity contribution in [2.45, 2.75) is 0 Å². The van der Waals surface area contributed by atoms with Crippen molar-refractivity contribution in [2.24, 2.45) is 7.05 Å². The van der Waals surface area contributed by atoms with Crippen LogP contribution in [0.15, 0.2) is 49.1 Å². The zero-order valence-electron chi connectivity index (χ0n) is 11.4. The molecule has 102 valence electrons. The van der Waals surface area contributed by atoms with Gasteiger partial charge in [-0.2, -0.15) is 5.10 Å². The second kappa shape index (κ2) is 4.52. The number of aryl methyl sites for hydroxylation is 1. The lowest BCUT2D eigenvalue weighted by molar-refractivity contribution is 0.785. The van der Waals surface area contributed by atoms with Crippen LogP contribution in [0.4, 0.5) is 11.5 Å². The fourth-order valence-corrected chi connectivity index (χ4v) is 2.39. The highest BCUT2D eigenvalue weighted by Gasteiger charge is 2.09. The SMILES string of the molecule is Cn1ncc2c(Nc3cccc4cccnc34)ncnc21. The summed E-state index contributed by atoms with van der Waals surface area (Å²) in [6.45, 7) is 0. The Bertz CT molecular complexity index is 938. The lowest BCUT2D eigenvalue weighted by Gasteiger charge is -2.08. The molecule has 0 aliphatic heterocycles. The molecule has 0 fully saturated rings. The first-order valence-corrected chi connectivity index (χ1v) is 6.56. The average Bonchev–Trinajstić information content (AvgIpc) is 2.90. The van der Waals surface area contributed by atoms with E-state index in [2.05, 4.69) is 25.4 Å². The van der Waals surface area contributed by atoms with Crippen LogP contribution in [0.1, 0.15) is 0 Å². The van der Waals surface area contributed by atoms with Gasteiger partial charge < -0.3 is 5.32 Å². The second-order valence-electron chi connectivity index (χ2n) is 4.73. The number of rotatable bonds is 2. The summed E-state index contributed by atoms with van der Waals surface area (Å²) < 4.78 is 1.73. The lowest BCUT2D eigenvalue weighted by atomic mass is 10.2. The molecule has 0 aliphatic rings. The Morgan fingerprint density at radius 1 is 1.05 bits per heavy atom. The molecule has 0 amide bonds. The Morgan fingerprint density at radius 2 is 1.95 bits per heavy atom. The van der Waals surface area contributed by atoms with E-state index >= 15 is 0 Å². The molecule has 1 N–H and O–H groups in total. The summed E-state index contributed by atoms with van der Waals surface area (Å²) in [5.41, 5.74) is 2.62. The van der Waals surface area contributed by atoms with Crippen LogP contribution in [0.3, 0.4) is 0 Å². The molecule has 0 radical (unpaired) electrons. The molecule has 3 heterocycles. The van der Waals surface area contributed by atoms with Crippen molar-refractivity contribution in [1.29, 1.82) is 0 Å². The maximum Gasteiger partial charge on any atom is 0.163 e. The summed E-state index contributed by atoms with van der Waals surface area (Å²) in [5.74, 6) is 0.728. The van der Waals surface area contributed by atoms with Gasteiger partial charge in [0.05, 0.1) is 22.8 Å². The lowest BCUT2D eigenvalue weighted by Crippen LogP contribution is -1.98. The number of hydrogen-bond acceptors (Lipinski definition) is 5. The molecule has 6 heteroatoms. The van der Waals surface area contributed by atoms with E-state index in [4.69, 9.17) is 0 Å². The van der Waals surface area contributed by atoms with Gasteiger partial charge in [0.25, 0.3) is 0 Å². The van der Waals surface area contributed by atoms with Crippen molar-refractivity contribution >= 4 is 33.4 Å². The molecular formula is C15H12N6. The van der Waals surface area contributed by atoms with E-state index in [1.165, 1.54) is 6.33 Å². The number of nitrogens with one attached hydrogen (secondary N) is 1. The van der Waals surface area contributed by atoms with Crippen molar-refractivity contribution in [1.82, 2.24) is 24.7 Å². The van der Waals surface area contributed by atoms with E-state index in [0.717, 1.165) is 33.4 Å². The standard InChI is InChI=1S/C15H12N6/c1-21-15-11(8-19-21)14(17-9-18-15)20-12-6-2-4-10-5-3-7-16-13(10)12/h2-9H,1H3,(H,17,18,20). The minimum atomic E-state index is 0.728. The molecule has 4 rings (SSSR count). The summed E-state index contributed by atoms with van der Waals surface area (Å²) in [7, 11) is 1.86. The van der Waals surface area contributed by atoms with E-state index in [1.807, 2.05) is 37.4 Å². The van der Waals surface area contributed by atoms with Gasteiger partial charge in [-0.05, 0) is 12.1 Å². The van der Waals surface area contributed by atoms with Crippen LogP contribution < -0.4 is 5.32 Å². The van der Waals surface area contributed by atoms with Gasteiger partial charge in [-0.15, -0.1) is 0 Å². The smallest absolute Gasteiger partial charge is 0.163 e. The molecule has 0 saturated carbocycles. The molecule has 21 heavy (non-hydrogen) atoms. The third-order valence-electron chi connectivity index (χ3n) is 3.42. The quantitative estimate of drug-likeness (QED) is 0.609. The van der Waals surface area contributed by atoms with Crippen molar-refractivity contribution < 1.29 is 0 Å². The fourth-order valence-electron chi connectivity index (χ4n) is 2.39. The molecule has 1 aromatic carbocycles. The Labute approximate surface area is 120 Å². The van der Waals surface area contributed by atoms with Gasteiger partial charge in [-0.1, -0.05) is 18.2 Å². The van der Waals surface area contributed by atoms with Gasteiger partial charge in [0.1, 0.15) is 12.1 Å². The van der Waals surface area contributed by atoms with E-state index in [-0.39, 0.29) is 0 Å². The summed E-state index contributed by atoms with van der Waals surface area (Å²) in [6, 6.07) is 9.98. The van der Waals surface area contributed by atoms with Crippen molar-refractivity contribution in [3.63, 3.8) is 0 Å². The molecule has 0 unspecified atom stereocenters. The summed E-state index contributed by atoms with van der Waals surface area (Å²) in [5, 5.41) is 9.52. The summed E-state index contributed by atoms with van der Waals surface area (Å²) in [4.78, 5) is 13.0. The number of nitrogens with zero attached hydrogens (tertiary/aromatic N) is 5. The molecule has 0 bridgehead atoms. The maximum absolute atomic E-state index is 4.44. The van der Waals surface area contributed by atoms with Gasteiger partial charge in [0.15, 0.2) is 5.65 Å². The first-order chi connectivity index (χ1) is 10.3. The fraction of sp³-hybridized carbons (Fsp3) is 0.0667. The molecular weight excluding hydrogens is 264 g/mol. The molecule has 0 saturated heterocycles. The van der Waals surface area contributed by atoms with Gasteiger partial charge in [-0.25, -0.2) is 9.97 Å². The summed E-state index contributed by atoms with van der Waals surface area (Å²) >= 11 is 0. The number of para-hydroxylation sites is 1. The third kappa shape index (κ3) is 1.88. The van der Waals surface area contributed by atoms with Crippen LogP contribution in [-0.4, -0.2) is 24.7 Å². The van der Waals surface area contributed by atoms with Gasteiger partial charge >= 0.3 is 0 Å². The van der Waals surface area contributed by atoms with E-state index in [9.17, 15) is 0 Å². The Morgan fingerprint density at radius 3 is 2.90 bits per heavy atom. The van der Waals surface area contributed by atoms with Crippen LogP contribution >= 0.6 is 0 Å². The highest BCUT2D eigenvalue weighted by atomic mass is 15.3. The monoisotopic (exact) mass is 276 g/mol. The average molecular weight is 276 g/mol. The number of hydrogen-bond donors (Lipinski definition) is 1. The largest absolute Gasteiger partial charge is 0.338 e. The number of aromatic nitrogens is 5. The minimum Gasteiger partial charge on any atom is -0.338 e. The van der Waals surface area contributed by atoms with Gasteiger partial charge in [0.2, 0.25) is 0 Å². The Kier molecular flexibility index (Phi) is 2.53. The van der Waals surface area contributed by atoms with E-state index < -0.39 is 0 Å². The molecule has 3 aromatic heterocycles. The molecule has 0 spiro atoms. The first kappa shape index (κ1) is 11.8. The zero-order chi connectivity index (χ0) is 14.2. The van der Waals surface area contributed by atoms with Gasteiger partial charge in [-0.3, -0.25) is 9.67 Å².